The van der Waals surface area contributed by atoms with Crippen LogP contribution in [0.5, 0.6) is 0 Å². The third kappa shape index (κ3) is 4.09. The van der Waals surface area contributed by atoms with Crippen molar-refractivity contribution >= 4 is 17.3 Å². The van der Waals surface area contributed by atoms with Gasteiger partial charge in [-0.2, -0.15) is 5.11 Å². The van der Waals surface area contributed by atoms with Crippen molar-refractivity contribution in [3.63, 3.8) is 0 Å². The molecule has 0 fully saturated rings. The van der Waals surface area contributed by atoms with Crippen LogP contribution in [0.25, 0.3) is 0 Å². The van der Waals surface area contributed by atoms with Gasteiger partial charge in [0.05, 0.1) is 17.0 Å². The van der Waals surface area contributed by atoms with Crippen LogP contribution >= 0.6 is 0 Å². The van der Waals surface area contributed by atoms with Gasteiger partial charge in [-0.3, -0.25) is 24.7 Å². The highest BCUT2D eigenvalue weighted by Crippen LogP contribution is 2.29. The fourth-order valence-electron chi connectivity index (χ4n) is 3.55. The topological polar surface area (TPSA) is 105 Å². The highest BCUT2D eigenvalue weighted by atomic mass is 16.6. The molecule has 0 N–H and O–H groups in total. The summed E-state index contributed by atoms with van der Waals surface area (Å²) in [5.74, 6) is -0.651. The summed E-state index contributed by atoms with van der Waals surface area (Å²) >= 11 is 0. The molecule has 1 aliphatic rings. The molecule has 0 bridgehead atoms. The lowest BCUT2D eigenvalue weighted by Crippen LogP contribution is -2.45. The molecular formula is C23H18N4O4. The van der Waals surface area contributed by atoms with Crippen LogP contribution in [0.3, 0.4) is 0 Å². The molecule has 31 heavy (non-hydrogen) atoms. The van der Waals surface area contributed by atoms with Crippen molar-refractivity contribution in [3.8, 4) is 0 Å². The van der Waals surface area contributed by atoms with E-state index in [1.165, 1.54) is 11.1 Å². The quantitative estimate of drug-likeness (QED) is 0.326. The number of nitro benzene ring substituents is 1. The number of carbonyl (C=O) groups excluding carboxylic acids is 2. The zero-order chi connectivity index (χ0) is 21.8. The number of carbonyl (C=O) groups is 2. The van der Waals surface area contributed by atoms with Crippen molar-refractivity contribution in [1.82, 2.24) is 5.01 Å². The normalized spacial score (nSPS) is 17.5. The highest BCUT2D eigenvalue weighted by molar-refractivity contribution is 6.08. The maximum absolute atomic E-state index is 13.4. The Hall–Kier alpha value is -4.20. The van der Waals surface area contributed by atoms with E-state index in [1.54, 1.807) is 78.9 Å². The van der Waals surface area contributed by atoms with E-state index >= 15 is 0 Å². The summed E-state index contributed by atoms with van der Waals surface area (Å²) in [6, 6.07) is 21.3. The molecule has 0 spiro atoms. The van der Waals surface area contributed by atoms with Gasteiger partial charge in [-0.05, 0) is 0 Å². The van der Waals surface area contributed by atoms with Crippen LogP contribution in [0.15, 0.2) is 95.3 Å². The van der Waals surface area contributed by atoms with Crippen LogP contribution in [-0.2, 0) is 6.54 Å². The number of rotatable bonds is 7. The van der Waals surface area contributed by atoms with Crippen LogP contribution in [0.1, 0.15) is 26.3 Å². The van der Waals surface area contributed by atoms with E-state index in [0.29, 0.717) is 16.7 Å². The van der Waals surface area contributed by atoms with Gasteiger partial charge in [-0.15, -0.1) is 0 Å². The van der Waals surface area contributed by atoms with Crippen molar-refractivity contribution in [1.29, 1.82) is 0 Å². The van der Waals surface area contributed by atoms with Gasteiger partial charge in [0.2, 0.25) is 0 Å². The first-order chi connectivity index (χ1) is 15.1. The number of hydrogen-bond acceptors (Lipinski definition) is 7. The van der Waals surface area contributed by atoms with Gasteiger partial charge < -0.3 is 0 Å². The summed E-state index contributed by atoms with van der Waals surface area (Å²) in [4.78, 5) is 37.4. The smallest absolute Gasteiger partial charge is 0.274 e. The van der Waals surface area contributed by atoms with Gasteiger partial charge >= 0.3 is 0 Å². The Labute approximate surface area is 178 Å². The van der Waals surface area contributed by atoms with Crippen LogP contribution in [0.4, 0.5) is 5.69 Å². The first-order valence-corrected chi connectivity index (χ1v) is 9.64. The first-order valence-electron chi connectivity index (χ1n) is 9.64. The van der Waals surface area contributed by atoms with Crippen molar-refractivity contribution < 1.29 is 14.5 Å². The highest BCUT2D eigenvalue weighted by Gasteiger charge is 2.43. The standard InChI is InChI=1S/C23H18N4O4/c28-22(16-9-3-1-4-10-16)20-21(23(29)17-11-5-2-6-12-17)26(25-24-20)15-18-13-7-8-14-19(18)27(30)31/h1-14,20-21H,15H2/t20-,21-/m1/s1. The monoisotopic (exact) mass is 414 g/mol. The lowest BCUT2D eigenvalue weighted by Gasteiger charge is -2.24. The van der Waals surface area contributed by atoms with Crippen LogP contribution in [0, 0.1) is 10.1 Å². The van der Waals surface area contributed by atoms with E-state index in [1.807, 2.05) is 0 Å². The SMILES string of the molecule is O=C(c1ccccc1)[C@@H]1N=NN(Cc2ccccc2[N+](=O)[O-])[C@H]1C(=O)c1ccccc1. The van der Waals surface area contributed by atoms with E-state index in [4.69, 9.17) is 0 Å². The molecule has 1 heterocycles. The van der Waals surface area contributed by atoms with Crippen LogP contribution in [-0.4, -0.2) is 33.6 Å². The van der Waals surface area contributed by atoms with E-state index < -0.39 is 17.0 Å². The molecule has 2 atom stereocenters. The maximum atomic E-state index is 13.4. The predicted octanol–water partition coefficient (Wildman–Crippen LogP) is 4.28. The minimum Gasteiger partial charge on any atom is -0.292 e. The summed E-state index contributed by atoms with van der Waals surface area (Å²) < 4.78 is 0. The fraction of sp³-hybridized carbons (Fsp3) is 0.130. The fourth-order valence-corrected chi connectivity index (χ4v) is 3.55. The summed E-state index contributed by atoms with van der Waals surface area (Å²) in [6.45, 7) is -0.0253. The summed E-state index contributed by atoms with van der Waals surface area (Å²) in [6.07, 6.45) is 0. The van der Waals surface area contributed by atoms with Crippen molar-refractivity contribution in [2.75, 3.05) is 0 Å². The predicted molar refractivity (Wildman–Crippen MR) is 113 cm³/mol. The number of nitro groups is 1. The molecule has 1 aliphatic heterocycles. The minimum atomic E-state index is -1.04. The van der Waals surface area contributed by atoms with Gasteiger partial charge in [-0.25, -0.2) is 0 Å². The van der Waals surface area contributed by atoms with Gasteiger partial charge in [0, 0.05) is 17.2 Å². The molecule has 4 rings (SSSR count). The molecule has 3 aromatic carbocycles. The summed E-state index contributed by atoms with van der Waals surface area (Å²) in [7, 11) is 0. The van der Waals surface area contributed by atoms with E-state index in [2.05, 4.69) is 10.3 Å². The zero-order valence-corrected chi connectivity index (χ0v) is 16.4. The maximum Gasteiger partial charge on any atom is 0.274 e. The molecular weight excluding hydrogens is 396 g/mol. The van der Waals surface area contributed by atoms with Crippen molar-refractivity contribution in [2.45, 2.75) is 18.6 Å². The van der Waals surface area contributed by atoms with E-state index in [9.17, 15) is 19.7 Å². The van der Waals surface area contributed by atoms with Crippen LogP contribution < -0.4 is 0 Å². The van der Waals surface area contributed by atoms with Crippen molar-refractivity contribution in [3.05, 3.63) is 112 Å². The third-order valence-electron chi connectivity index (χ3n) is 5.09. The Kier molecular flexibility index (Phi) is 5.61. The summed E-state index contributed by atoms with van der Waals surface area (Å²) in [5, 5.41) is 21.0. The minimum absolute atomic E-state index is 0.0253. The number of Topliss-reactive ketones (excluding diaryl/α,β-unsaturated/α-hetero) is 2. The molecule has 0 radical (unpaired) electrons. The molecule has 0 aromatic heterocycles. The van der Waals surface area contributed by atoms with E-state index in [-0.39, 0.29) is 23.8 Å². The number of benzene rings is 3. The average molecular weight is 414 g/mol. The molecule has 8 heteroatoms. The second-order valence-corrected chi connectivity index (χ2v) is 7.04. The van der Waals surface area contributed by atoms with Gasteiger partial charge in [0.1, 0.15) is 6.04 Å². The average Bonchev–Trinajstić information content (AvgIpc) is 3.22. The molecule has 0 aliphatic carbocycles. The molecule has 0 saturated heterocycles. The molecule has 8 nitrogen and oxygen atoms in total. The molecule has 0 unspecified atom stereocenters. The first kappa shape index (κ1) is 20.1. The summed E-state index contributed by atoms with van der Waals surface area (Å²) in [5.41, 5.74) is 1.13. The number of ketones is 2. The van der Waals surface area contributed by atoms with E-state index in [0.717, 1.165) is 0 Å². The van der Waals surface area contributed by atoms with Gasteiger partial charge in [-0.1, -0.05) is 84.1 Å². The Bertz CT molecular complexity index is 1150. The van der Waals surface area contributed by atoms with Gasteiger partial charge in [0.25, 0.3) is 5.69 Å². The Morgan fingerprint density at radius 3 is 2.00 bits per heavy atom. The largest absolute Gasteiger partial charge is 0.292 e. The lowest BCUT2D eigenvalue weighted by molar-refractivity contribution is -0.385. The molecule has 3 aromatic rings. The molecule has 0 amide bonds. The zero-order valence-electron chi connectivity index (χ0n) is 16.4. The van der Waals surface area contributed by atoms with Gasteiger partial charge in [0.15, 0.2) is 17.6 Å². The molecule has 154 valence electrons. The van der Waals surface area contributed by atoms with Crippen molar-refractivity contribution in [2.24, 2.45) is 10.3 Å². The number of hydrogen-bond donors (Lipinski definition) is 0. The second kappa shape index (κ2) is 8.66. The lowest BCUT2D eigenvalue weighted by atomic mass is 9.92. The third-order valence-corrected chi connectivity index (χ3v) is 5.09. The Balaban J connectivity index is 1.70. The Morgan fingerprint density at radius 1 is 0.839 bits per heavy atom. The number of nitrogens with zero attached hydrogens (tertiary/aromatic N) is 4. The molecule has 0 saturated carbocycles. The number of para-hydroxylation sites is 1. The second-order valence-electron chi connectivity index (χ2n) is 7.04. The Morgan fingerprint density at radius 2 is 1.39 bits per heavy atom. The van der Waals surface area contributed by atoms with Crippen LogP contribution in [0.2, 0.25) is 0 Å².